The number of carbonyl (C=O) groups is 1. The fourth-order valence-corrected chi connectivity index (χ4v) is 2.73. The average Bonchev–Trinajstić information content (AvgIpc) is 2.43. The molecule has 0 aromatic carbocycles. The molecule has 1 N–H and O–H groups in total. The summed E-state index contributed by atoms with van der Waals surface area (Å²) >= 11 is 0. The zero-order chi connectivity index (χ0) is 13.4. The minimum atomic E-state index is -0.530. The zero-order valence-electron chi connectivity index (χ0n) is 10.9. The minimum absolute atomic E-state index is 0.139. The number of pyridine rings is 1. The van der Waals surface area contributed by atoms with Crippen molar-refractivity contribution in [3.05, 3.63) is 32.6 Å². The maximum absolute atomic E-state index is 12.4. The van der Waals surface area contributed by atoms with Crippen molar-refractivity contribution in [3.63, 3.8) is 0 Å². The van der Waals surface area contributed by atoms with Crippen LogP contribution in [0.2, 0.25) is 0 Å². The number of ether oxygens (including phenoxy) is 1. The lowest BCUT2D eigenvalue weighted by molar-refractivity contribution is 0.0523. The van der Waals surface area contributed by atoms with Crippen LogP contribution in [-0.2, 0) is 11.3 Å². The molecule has 0 radical (unpaired) electrons. The quantitative estimate of drug-likeness (QED) is 0.715. The molecule has 2 heterocycles. The largest absolute Gasteiger partial charge is 0.462 e. The van der Waals surface area contributed by atoms with Crippen LogP contribution in [0.4, 0.5) is 0 Å². The summed E-state index contributed by atoms with van der Waals surface area (Å²) in [5.41, 5.74) is 1.00. The lowest BCUT2D eigenvalue weighted by Crippen LogP contribution is -2.53. The first-order chi connectivity index (χ1) is 9.22. The Kier molecular flexibility index (Phi) is 2.89. The number of hydrogen-bond donors (Lipinski definition) is 1. The van der Waals surface area contributed by atoms with E-state index >= 15 is 0 Å². The number of rotatable bonds is 2. The second kappa shape index (κ2) is 4.57. The molecule has 0 spiro atoms. The Morgan fingerprint density at radius 1 is 1.53 bits per heavy atom. The van der Waals surface area contributed by atoms with Crippen LogP contribution in [0.25, 0.3) is 11.8 Å². The number of aromatic nitrogens is 1. The van der Waals surface area contributed by atoms with Crippen molar-refractivity contribution in [1.82, 2.24) is 9.88 Å². The van der Waals surface area contributed by atoms with Gasteiger partial charge in [-0.25, -0.2) is 4.79 Å². The Morgan fingerprint density at radius 2 is 2.37 bits per heavy atom. The first-order valence-corrected chi connectivity index (χ1v) is 6.60. The van der Waals surface area contributed by atoms with Crippen molar-refractivity contribution < 1.29 is 9.53 Å². The highest BCUT2D eigenvalue weighted by Gasteiger charge is 2.20. The highest BCUT2D eigenvalue weighted by molar-refractivity contribution is 5.89. The van der Waals surface area contributed by atoms with Crippen molar-refractivity contribution in [3.8, 4) is 0 Å². The number of carbonyl (C=O) groups excluding carboxylic acids is 1. The molecule has 5 nitrogen and oxygen atoms in total. The van der Waals surface area contributed by atoms with Crippen molar-refractivity contribution in [1.29, 1.82) is 0 Å². The summed E-state index contributed by atoms with van der Waals surface area (Å²) in [6.45, 7) is 3.33. The molecule has 0 fully saturated rings. The Labute approximate surface area is 110 Å². The Balaban J connectivity index is 2.31. The molecule has 1 aliphatic carbocycles. The third kappa shape index (κ3) is 1.85. The monoisotopic (exact) mass is 260 g/mol. The molecule has 2 aliphatic rings. The predicted octanol–water partition coefficient (Wildman–Crippen LogP) is -0.689. The summed E-state index contributed by atoms with van der Waals surface area (Å²) in [7, 11) is 0. The molecule has 0 unspecified atom stereocenters. The fraction of sp³-hybridized carbons (Fsp3) is 0.429. The maximum atomic E-state index is 12.4. The lowest BCUT2D eigenvalue weighted by Gasteiger charge is -2.23. The van der Waals surface area contributed by atoms with E-state index in [2.05, 4.69) is 11.4 Å². The van der Waals surface area contributed by atoms with Gasteiger partial charge in [-0.05, 0) is 31.1 Å². The molecule has 100 valence electrons. The molecule has 0 amide bonds. The van der Waals surface area contributed by atoms with E-state index in [1.807, 2.05) is 0 Å². The Hall–Kier alpha value is -2.04. The van der Waals surface area contributed by atoms with Crippen LogP contribution in [0.1, 0.15) is 30.1 Å². The number of esters is 1. The van der Waals surface area contributed by atoms with Gasteiger partial charge in [0.1, 0.15) is 5.56 Å². The lowest BCUT2D eigenvalue weighted by atomic mass is 10.0. The van der Waals surface area contributed by atoms with Gasteiger partial charge in [-0.15, -0.1) is 0 Å². The molecule has 0 saturated carbocycles. The van der Waals surface area contributed by atoms with Crippen LogP contribution in [0.15, 0.2) is 10.9 Å². The summed E-state index contributed by atoms with van der Waals surface area (Å²) in [5.74, 6) is -0.530. The maximum Gasteiger partial charge on any atom is 0.343 e. The third-order valence-corrected chi connectivity index (χ3v) is 3.53. The number of nitrogens with zero attached hydrogens (tertiary/aromatic N) is 1. The van der Waals surface area contributed by atoms with Crippen LogP contribution in [0.3, 0.4) is 0 Å². The standard InChI is InChI=1S/C14H16N2O3/c1-2-19-14(18)10-8-9-4-3-5-11-12(9)16(13(10)17)7-6-15-11/h4,8,15H,2-3,5-7H2,1H3. The van der Waals surface area contributed by atoms with E-state index in [1.54, 1.807) is 17.6 Å². The second-order valence-corrected chi connectivity index (χ2v) is 4.69. The van der Waals surface area contributed by atoms with Crippen molar-refractivity contribution in [2.24, 2.45) is 0 Å². The van der Waals surface area contributed by atoms with Gasteiger partial charge in [0.25, 0.3) is 5.56 Å². The molecule has 0 atom stereocenters. The Morgan fingerprint density at radius 3 is 3.16 bits per heavy atom. The van der Waals surface area contributed by atoms with E-state index in [0.717, 1.165) is 35.7 Å². The smallest absolute Gasteiger partial charge is 0.343 e. The van der Waals surface area contributed by atoms with Gasteiger partial charge in [-0.2, -0.15) is 0 Å². The van der Waals surface area contributed by atoms with Crippen molar-refractivity contribution in [2.75, 3.05) is 13.2 Å². The van der Waals surface area contributed by atoms with Gasteiger partial charge in [0.05, 0.1) is 12.0 Å². The fourth-order valence-electron chi connectivity index (χ4n) is 2.73. The van der Waals surface area contributed by atoms with E-state index in [1.165, 1.54) is 0 Å². The SMILES string of the molecule is CCOC(=O)c1cc2c3n(c1=O)CCNC=3CCC=2. The van der Waals surface area contributed by atoms with Gasteiger partial charge in [-0.1, -0.05) is 6.08 Å². The molecule has 0 saturated heterocycles. The van der Waals surface area contributed by atoms with Gasteiger partial charge >= 0.3 is 5.97 Å². The van der Waals surface area contributed by atoms with Crippen LogP contribution < -0.4 is 21.4 Å². The first-order valence-electron chi connectivity index (χ1n) is 6.60. The van der Waals surface area contributed by atoms with E-state index in [4.69, 9.17) is 4.74 Å². The van der Waals surface area contributed by atoms with Gasteiger partial charge in [0.2, 0.25) is 0 Å². The van der Waals surface area contributed by atoms with E-state index in [0.29, 0.717) is 6.54 Å². The molecule has 1 aliphatic heterocycles. The second-order valence-electron chi connectivity index (χ2n) is 4.69. The van der Waals surface area contributed by atoms with Crippen LogP contribution in [0, 0.1) is 0 Å². The summed E-state index contributed by atoms with van der Waals surface area (Å²) in [5, 5.41) is 5.23. The first kappa shape index (κ1) is 12.0. The van der Waals surface area contributed by atoms with Crippen LogP contribution >= 0.6 is 0 Å². The van der Waals surface area contributed by atoms with Gasteiger partial charge in [0, 0.05) is 18.8 Å². The van der Waals surface area contributed by atoms with Crippen molar-refractivity contribution in [2.45, 2.75) is 26.3 Å². The van der Waals surface area contributed by atoms with Gasteiger partial charge in [0.15, 0.2) is 0 Å². The highest BCUT2D eigenvalue weighted by Crippen LogP contribution is 2.06. The van der Waals surface area contributed by atoms with Crippen LogP contribution in [0.5, 0.6) is 0 Å². The van der Waals surface area contributed by atoms with Gasteiger partial charge in [-0.3, -0.25) is 4.79 Å². The van der Waals surface area contributed by atoms with Crippen molar-refractivity contribution >= 4 is 17.7 Å². The average molecular weight is 260 g/mol. The highest BCUT2D eigenvalue weighted by atomic mass is 16.5. The topological polar surface area (TPSA) is 60.3 Å². The van der Waals surface area contributed by atoms with E-state index in [-0.39, 0.29) is 17.7 Å². The third-order valence-electron chi connectivity index (χ3n) is 3.53. The molecule has 0 bridgehead atoms. The predicted molar refractivity (Wildman–Crippen MR) is 71.0 cm³/mol. The number of hydrogen-bond acceptors (Lipinski definition) is 4. The summed E-state index contributed by atoms with van der Waals surface area (Å²) in [6.07, 6.45) is 3.92. The summed E-state index contributed by atoms with van der Waals surface area (Å²) < 4.78 is 6.65. The summed E-state index contributed by atoms with van der Waals surface area (Å²) in [6, 6.07) is 1.66. The molecule has 19 heavy (non-hydrogen) atoms. The van der Waals surface area contributed by atoms with E-state index < -0.39 is 5.97 Å². The van der Waals surface area contributed by atoms with Gasteiger partial charge < -0.3 is 14.6 Å². The molecule has 3 rings (SSSR count). The normalized spacial score (nSPS) is 16.2. The Bertz CT molecular complexity index is 715. The minimum Gasteiger partial charge on any atom is -0.462 e. The zero-order valence-corrected chi connectivity index (χ0v) is 10.9. The van der Waals surface area contributed by atoms with Crippen LogP contribution in [-0.4, -0.2) is 23.7 Å². The molecule has 5 heteroatoms. The summed E-state index contributed by atoms with van der Waals surface area (Å²) in [4.78, 5) is 24.2. The number of nitrogens with one attached hydrogen (secondary N) is 1. The molecule has 1 aromatic rings. The van der Waals surface area contributed by atoms with E-state index in [9.17, 15) is 9.59 Å². The molecular formula is C14H16N2O3. The molecular weight excluding hydrogens is 244 g/mol. The molecule has 1 aromatic heterocycles.